The summed E-state index contributed by atoms with van der Waals surface area (Å²) < 4.78 is 0. The lowest BCUT2D eigenvalue weighted by Gasteiger charge is -2.29. The number of nitrogens with zero attached hydrogens (tertiary/aromatic N) is 1. The highest BCUT2D eigenvalue weighted by Crippen LogP contribution is 2.24. The predicted octanol–water partition coefficient (Wildman–Crippen LogP) is 4.91. The molecular weight excluding hydrogens is 558 g/mol. The van der Waals surface area contributed by atoms with Crippen LogP contribution in [0.4, 0.5) is 0 Å². The molecule has 0 saturated carbocycles. The van der Waals surface area contributed by atoms with Crippen molar-refractivity contribution in [3.63, 3.8) is 0 Å². The summed E-state index contributed by atoms with van der Waals surface area (Å²) in [6, 6.07) is 21.6. The van der Waals surface area contributed by atoms with E-state index in [4.69, 9.17) is 5.84 Å². The lowest BCUT2D eigenvalue weighted by Crippen LogP contribution is -2.56. The minimum Gasteiger partial charge on any atom is -0.361 e. The van der Waals surface area contributed by atoms with Crippen molar-refractivity contribution < 1.29 is 14.4 Å². The van der Waals surface area contributed by atoms with Crippen molar-refractivity contribution in [3.8, 4) is 11.1 Å². The number of para-hydroxylation sites is 1. The van der Waals surface area contributed by atoms with Gasteiger partial charge in [-0.15, -0.1) is 0 Å². The van der Waals surface area contributed by atoms with Gasteiger partial charge < -0.3 is 15.2 Å². The number of amides is 3. The van der Waals surface area contributed by atoms with E-state index >= 15 is 0 Å². The van der Waals surface area contributed by atoms with Gasteiger partial charge in [-0.25, -0.2) is 5.84 Å². The first-order valence-corrected chi connectivity index (χ1v) is 15.0. The van der Waals surface area contributed by atoms with Crippen LogP contribution < -0.4 is 16.6 Å². The maximum atomic E-state index is 14.0. The molecule has 3 amide bonds. The Balaban J connectivity index is 1.43. The van der Waals surface area contributed by atoms with Crippen LogP contribution >= 0.6 is 11.3 Å². The third-order valence-corrected chi connectivity index (χ3v) is 8.35. The van der Waals surface area contributed by atoms with Gasteiger partial charge in [0.15, 0.2) is 0 Å². The van der Waals surface area contributed by atoms with E-state index in [0.717, 1.165) is 44.3 Å². The number of hydrogen-bond donors (Lipinski definition) is 4. The molecule has 2 atom stereocenters. The number of hydrazine groups is 1. The fourth-order valence-electron chi connectivity index (χ4n) is 5.43. The summed E-state index contributed by atoms with van der Waals surface area (Å²) >= 11 is 1.63. The smallest absolute Gasteiger partial charge is 0.256 e. The molecule has 2 aromatic heterocycles. The number of aromatic amines is 1. The SMILES string of the molecule is Cc1cc(C)cc(C(=O)N(C)[C@@H](Cc2ccc(-c3ccsc3)cc2)C(=O)N[C@@H](Cc2c[nH]c3ccccc23)C(=O)NN)c1. The quantitative estimate of drug-likeness (QED) is 0.104. The van der Waals surface area contributed by atoms with E-state index < -0.39 is 23.9 Å². The molecule has 5 N–H and O–H groups in total. The third-order valence-electron chi connectivity index (χ3n) is 7.67. The number of rotatable bonds is 10. The Labute approximate surface area is 254 Å². The van der Waals surface area contributed by atoms with E-state index in [0.29, 0.717) is 5.56 Å². The summed E-state index contributed by atoms with van der Waals surface area (Å²) in [6.45, 7) is 3.87. The Morgan fingerprint density at radius 3 is 2.30 bits per heavy atom. The van der Waals surface area contributed by atoms with Crippen molar-refractivity contribution in [2.45, 2.75) is 38.8 Å². The first-order chi connectivity index (χ1) is 20.7. The van der Waals surface area contributed by atoms with Gasteiger partial charge >= 0.3 is 0 Å². The number of H-pyrrole nitrogens is 1. The van der Waals surface area contributed by atoms with Crippen LogP contribution in [-0.2, 0) is 22.4 Å². The molecule has 3 aromatic carbocycles. The van der Waals surface area contributed by atoms with Crippen LogP contribution in [0.15, 0.2) is 89.8 Å². The summed E-state index contributed by atoms with van der Waals surface area (Å²) in [7, 11) is 1.63. The lowest BCUT2D eigenvalue weighted by molar-refractivity contribution is -0.131. The van der Waals surface area contributed by atoms with Crippen molar-refractivity contribution in [1.29, 1.82) is 0 Å². The van der Waals surface area contributed by atoms with E-state index in [-0.39, 0.29) is 18.7 Å². The van der Waals surface area contributed by atoms with E-state index in [1.54, 1.807) is 18.4 Å². The molecule has 2 heterocycles. The van der Waals surface area contributed by atoms with Crippen LogP contribution in [0.5, 0.6) is 0 Å². The maximum absolute atomic E-state index is 14.0. The van der Waals surface area contributed by atoms with E-state index in [2.05, 4.69) is 27.2 Å². The van der Waals surface area contributed by atoms with Crippen LogP contribution in [0.1, 0.15) is 32.6 Å². The molecule has 8 nitrogen and oxygen atoms in total. The van der Waals surface area contributed by atoms with Crippen LogP contribution in [0.25, 0.3) is 22.0 Å². The Morgan fingerprint density at radius 1 is 0.907 bits per heavy atom. The number of fused-ring (bicyclic) bond motifs is 1. The summed E-state index contributed by atoms with van der Waals surface area (Å²) in [5.41, 5.74) is 9.48. The summed E-state index contributed by atoms with van der Waals surface area (Å²) in [5, 5.41) is 7.96. The van der Waals surface area contributed by atoms with Crippen molar-refractivity contribution in [2.24, 2.45) is 5.84 Å². The largest absolute Gasteiger partial charge is 0.361 e. The number of aromatic nitrogens is 1. The molecular formula is C34H35N5O3S. The molecule has 0 aliphatic heterocycles. The Morgan fingerprint density at radius 2 is 1.63 bits per heavy atom. The number of likely N-dealkylation sites (N-methyl/N-ethyl adjacent to an activating group) is 1. The molecule has 0 aliphatic carbocycles. The van der Waals surface area contributed by atoms with Gasteiger partial charge in [0, 0.05) is 42.6 Å². The third kappa shape index (κ3) is 6.85. The molecule has 0 unspecified atom stereocenters. The highest BCUT2D eigenvalue weighted by molar-refractivity contribution is 7.08. The number of benzene rings is 3. The topological polar surface area (TPSA) is 120 Å². The first-order valence-electron chi connectivity index (χ1n) is 14.1. The summed E-state index contributed by atoms with van der Waals surface area (Å²) in [5.74, 6) is 4.28. The van der Waals surface area contributed by atoms with Gasteiger partial charge in [0.05, 0.1) is 0 Å². The normalized spacial score (nSPS) is 12.5. The number of aryl methyl sites for hydroxylation is 2. The minimum absolute atomic E-state index is 0.218. The zero-order valence-electron chi connectivity index (χ0n) is 24.4. The number of nitrogens with two attached hydrogens (primary N) is 1. The van der Waals surface area contributed by atoms with E-state index in [1.165, 1.54) is 4.90 Å². The van der Waals surface area contributed by atoms with Crippen LogP contribution in [0.3, 0.4) is 0 Å². The summed E-state index contributed by atoms with van der Waals surface area (Å²) in [4.78, 5) is 45.3. The second-order valence-corrected chi connectivity index (χ2v) is 11.6. The molecule has 0 spiro atoms. The fourth-order valence-corrected chi connectivity index (χ4v) is 6.10. The van der Waals surface area contributed by atoms with Crippen molar-refractivity contribution in [3.05, 3.63) is 118 Å². The average Bonchev–Trinajstić information content (AvgIpc) is 3.69. The van der Waals surface area contributed by atoms with E-state index in [9.17, 15) is 14.4 Å². The fraction of sp³-hybridized carbons (Fsp3) is 0.206. The Kier molecular flexibility index (Phi) is 9.04. The van der Waals surface area contributed by atoms with Crippen LogP contribution in [0, 0.1) is 13.8 Å². The molecule has 0 saturated heterocycles. The predicted molar refractivity (Wildman–Crippen MR) is 172 cm³/mol. The number of carbonyl (C=O) groups excluding carboxylic acids is 3. The van der Waals surface area contributed by atoms with Gasteiger partial charge in [0.2, 0.25) is 5.91 Å². The standard InChI is InChI=1S/C34H35N5O3S/c1-21-14-22(2)16-26(15-21)34(42)39(3)31(17-23-8-10-24(11-9-23)25-12-13-43-20-25)33(41)37-30(32(40)38-35)18-27-19-36-29-7-5-4-6-28(27)29/h4-16,19-20,30-31,36H,17-18,35H2,1-3H3,(H,37,41)(H,38,40)/t30-,31-/m0/s1. The summed E-state index contributed by atoms with van der Waals surface area (Å²) in [6.07, 6.45) is 2.30. The zero-order chi connectivity index (χ0) is 30.5. The first kappa shape index (κ1) is 29.8. The highest BCUT2D eigenvalue weighted by Gasteiger charge is 2.31. The lowest BCUT2D eigenvalue weighted by atomic mass is 9.99. The molecule has 5 rings (SSSR count). The Bertz CT molecular complexity index is 1720. The van der Waals surface area contributed by atoms with Crippen LogP contribution in [0.2, 0.25) is 0 Å². The van der Waals surface area contributed by atoms with E-state index in [1.807, 2.05) is 92.2 Å². The second-order valence-electron chi connectivity index (χ2n) is 10.9. The van der Waals surface area contributed by atoms with Gasteiger partial charge in [-0.2, -0.15) is 11.3 Å². The van der Waals surface area contributed by atoms with Gasteiger partial charge in [-0.05, 0) is 71.1 Å². The number of thiophene rings is 1. The number of hydrogen-bond acceptors (Lipinski definition) is 5. The van der Waals surface area contributed by atoms with Crippen molar-refractivity contribution in [1.82, 2.24) is 20.6 Å². The Hall–Kier alpha value is -4.73. The highest BCUT2D eigenvalue weighted by atomic mass is 32.1. The van der Waals surface area contributed by atoms with Gasteiger partial charge in [-0.3, -0.25) is 19.8 Å². The molecule has 0 bridgehead atoms. The molecule has 9 heteroatoms. The molecule has 0 aliphatic rings. The number of nitrogens with one attached hydrogen (secondary N) is 3. The van der Waals surface area contributed by atoms with Gasteiger partial charge in [-0.1, -0.05) is 59.7 Å². The molecule has 0 fully saturated rings. The van der Waals surface area contributed by atoms with Gasteiger partial charge in [0.1, 0.15) is 12.1 Å². The molecule has 43 heavy (non-hydrogen) atoms. The monoisotopic (exact) mass is 593 g/mol. The second kappa shape index (κ2) is 13.1. The molecule has 220 valence electrons. The number of carbonyl (C=O) groups is 3. The van der Waals surface area contributed by atoms with Crippen LogP contribution in [-0.4, -0.2) is 46.7 Å². The van der Waals surface area contributed by atoms with Crippen molar-refractivity contribution >= 4 is 40.0 Å². The maximum Gasteiger partial charge on any atom is 0.256 e. The van der Waals surface area contributed by atoms with Gasteiger partial charge in [0.25, 0.3) is 11.8 Å². The molecule has 0 radical (unpaired) electrons. The minimum atomic E-state index is -0.954. The zero-order valence-corrected chi connectivity index (χ0v) is 25.2. The molecule has 5 aromatic rings. The average molecular weight is 594 g/mol. The van der Waals surface area contributed by atoms with Crippen molar-refractivity contribution in [2.75, 3.05) is 7.05 Å².